The Bertz CT molecular complexity index is 1010. The molecule has 0 N–H and O–H groups in total. The van der Waals surface area contributed by atoms with Crippen molar-refractivity contribution in [3.8, 4) is 0 Å². The minimum absolute atomic E-state index is 0.0456. The van der Waals surface area contributed by atoms with E-state index in [0.717, 1.165) is 21.3 Å². The van der Waals surface area contributed by atoms with Crippen molar-refractivity contribution < 1.29 is 14.3 Å². The van der Waals surface area contributed by atoms with Gasteiger partial charge in [0.2, 0.25) is 5.91 Å². The Morgan fingerprint density at radius 3 is 2.54 bits per heavy atom. The number of aryl methyl sites for hydroxylation is 1. The van der Waals surface area contributed by atoms with E-state index in [9.17, 15) is 9.59 Å². The summed E-state index contributed by atoms with van der Waals surface area (Å²) in [6, 6.07) is 12.8. The van der Waals surface area contributed by atoms with Gasteiger partial charge in [0, 0.05) is 16.8 Å². The van der Waals surface area contributed by atoms with Crippen molar-refractivity contribution in [2.24, 2.45) is 0 Å². The van der Waals surface area contributed by atoms with Gasteiger partial charge in [0.15, 0.2) is 5.13 Å². The first-order valence-corrected chi connectivity index (χ1v) is 10.3. The van der Waals surface area contributed by atoms with Crippen molar-refractivity contribution in [1.82, 2.24) is 4.98 Å². The van der Waals surface area contributed by atoms with E-state index in [-0.39, 0.29) is 12.5 Å². The van der Waals surface area contributed by atoms with Crippen LogP contribution in [0.5, 0.6) is 0 Å². The molecule has 0 spiro atoms. The fraction of sp³-hybridized carbons (Fsp3) is 0.190. The van der Waals surface area contributed by atoms with Crippen LogP contribution in [0.3, 0.4) is 0 Å². The number of carbonyl (C=O) groups excluding carboxylic acids is 2. The van der Waals surface area contributed by atoms with E-state index >= 15 is 0 Å². The van der Waals surface area contributed by atoms with Crippen LogP contribution < -0.4 is 4.90 Å². The van der Waals surface area contributed by atoms with Crippen molar-refractivity contribution in [3.05, 3.63) is 74.7 Å². The lowest BCUT2D eigenvalue weighted by Crippen LogP contribution is -2.23. The largest absolute Gasteiger partial charge is 0.456 e. The number of carbonyl (C=O) groups is 2. The number of anilines is 2. The Labute approximate surface area is 176 Å². The molecule has 0 saturated heterocycles. The molecule has 0 aliphatic carbocycles. The zero-order valence-corrected chi connectivity index (χ0v) is 18.1. The SMILES string of the molecule is CC(=O)N(c1nc(COC(=O)c2ccc(Br)cc2)cs1)c1cccc(C)c1C. The average molecular weight is 459 g/mol. The van der Waals surface area contributed by atoms with Gasteiger partial charge in [0.05, 0.1) is 16.9 Å². The Balaban J connectivity index is 1.76. The number of thiazole rings is 1. The number of hydrogen-bond donors (Lipinski definition) is 0. The summed E-state index contributed by atoms with van der Waals surface area (Å²) in [6.45, 7) is 5.54. The zero-order chi connectivity index (χ0) is 20.3. The maximum atomic E-state index is 12.3. The lowest BCUT2D eigenvalue weighted by atomic mass is 10.1. The first kappa shape index (κ1) is 20.2. The quantitative estimate of drug-likeness (QED) is 0.469. The minimum atomic E-state index is -0.417. The first-order chi connectivity index (χ1) is 13.4. The van der Waals surface area contributed by atoms with E-state index in [1.807, 2.05) is 32.0 Å². The van der Waals surface area contributed by atoms with Gasteiger partial charge in [-0.05, 0) is 55.3 Å². The molecule has 1 heterocycles. The molecule has 1 amide bonds. The van der Waals surface area contributed by atoms with Crippen LogP contribution in [0.25, 0.3) is 0 Å². The van der Waals surface area contributed by atoms with E-state index in [0.29, 0.717) is 16.4 Å². The zero-order valence-electron chi connectivity index (χ0n) is 15.7. The number of rotatable bonds is 5. The number of hydrogen-bond acceptors (Lipinski definition) is 5. The molecule has 7 heteroatoms. The van der Waals surface area contributed by atoms with Gasteiger partial charge in [0.25, 0.3) is 0 Å². The third-order valence-corrected chi connectivity index (χ3v) is 5.70. The lowest BCUT2D eigenvalue weighted by molar-refractivity contribution is -0.115. The smallest absolute Gasteiger partial charge is 0.338 e. The molecule has 28 heavy (non-hydrogen) atoms. The summed E-state index contributed by atoms with van der Waals surface area (Å²) in [5.41, 5.74) is 4.00. The van der Waals surface area contributed by atoms with Crippen LogP contribution in [0.15, 0.2) is 52.3 Å². The number of amides is 1. The van der Waals surface area contributed by atoms with Gasteiger partial charge >= 0.3 is 5.97 Å². The van der Waals surface area contributed by atoms with Gasteiger partial charge < -0.3 is 4.74 Å². The van der Waals surface area contributed by atoms with Crippen LogP contribution in [-0.4, -0.2) is 16.9 Å². The van der Waals surface area contributed by atoms with E-state index in [1.165, 1.54) is 18.3 Å². The van der Waals surface area contributed by atoms with Crippen LogP contribution in [-0.2, 0) is 16.1 Å². The third kappa shape index (κ3) is 4.48. The summed E-state index contributed by atoms with van der Waals surface area (Å²) >= 11 is 4.68. The Morgan fingerprint density at radius 2 is 1.86 bits per heavy atom. The van der Waals surface area contributed by atoms with E-state index in [2.05, 4.69) is 20.9 Å². The summed E-state index contributed by atoms with van der Waals surface area (Å²) < 4.78 is 6.24. The molecule has 0 atom stereocenters. The molecular formula is C21H19BrN2O3S. The fourth-order valence-corrected chi connectivity index (χ4v) is 3.79. The maximum Gasteiger partial charge on any atom is 0.338 e. The summed E-state index contributed by atoms with van der Waals surface area (Å²) in [5.74, 6) is -0.540. The number of aromatic nitrogens is 1. The molecule has 0 radical (unpaired) electrons. The molecule has 0 saturated carbocycles. The molecule has 0 aliphatic heterocycles. The Morgan fingerprint density at radius 1 is 1.14 bits per heavy atom. The summed E-state index contributed by atoms with van der Waals surface area (Å²) in [6.07, 6.45) is 0. The van der Waals surface area contributed by atoms with E-state index in [1.54, 1.807) is 34.5 Å². The van der Waals surface area contributed by atoms with Gasteiger partial charge in [-0.1, -0.05) is 28.1 Å². The molecule has 0 unspecified atom stereocenters. The highest BCUT2D eigenvalue weighted by Crippen LogP contribution is 2.32. The van der Waals surface area contributed by atoms with Crippen LogP contribution in [0.1, 0.15) is 34.1 Å². The summed E-state index contributed by atoms with van der Waals surface area (Å²) in [7, 11) is 0. The van der Waals surface area contributed by atoms with Crippen LogP contribution in [0, 0.1) is 13.8 Å². The Hall–Kier alpha value is -2.51. The molecule has 0 aliphatic rings. The summed E-state index contributed by atoms with van der Waals surface area (Å²) in [5, 5.41) is 2.35. The second-order valence-corrected chi connectivity index (χ2v) is 8.03. The van der Waals surface area contributed by atoms with Crippen molar-refractivity contribution in [3.63, 3.8) is 0 Å². The molecule has 1 aromatic heterocycles. The first-order valence-electron chi connectivity index (χ1n) is 8.61. The second kappa shape index (κ2) is 8.67. The molecule has 3 aromatic rings. The molecule has 144 valence electrons. The van der Waals surface area contributed by atoms with Crippen molar-refractivity contribution in [1.29, 1.82) is 0 Å². The number of halogens is 1. The predicted molar refractivity (Wildman–Crippen MR) is 114 cm³/mol. The monoisotopic (exact) mass is 458 g/mol. The van der Waals surface area contributed by atoms with Crippen molar-refractivity contribution in [2.45, 2.75) is 27.4 Å². The van der Waals surface area contributed by atoms with Gasteiger partial charge in [-0.25, -0.2) is 9.78 Å². The lowest BCUT2D eigenvalue weighted by Gasteiger charge is -2.21. The van der Waals surface area contributed by atoms with Crippen molar-refractivity contribution >= 4 is 50.0 Å². The van der Waals surface area contributed by atoms with Crippen LogP contribution >= 0.6 is 27.3 Å². The van der Waals surface area contributed by atoms with Crippen LogP contribution in [0.4, 0.5) is 10.8 Å². The molecule has 5 nitrogen and oxygen atoms in total. The molecule has 0 bridgehead atoms. The molecule has 2 aromatic carbocycles. The molecule has 3 rings (SSSR count). The number of benzene rings is 2. The number of esters is 1. The van der Waals surface area contributed by atoms with Gasteiger partial charge in [-0.15, -0.1) is 11.3 Å². The van der Waals surface area contributed by atoms with Gasteiger partial charge in [-0.3, -0.25) is 9.69 Å². The summed E-state index contributed by atoms with van der Waals surface area (Å²) in [4.78, 5) is 30.5. The standard InChI is InChI=1S/C21H19BrN2O3S/c1-13-5-4-6-19(14(13)2)24(15(3)25)21-23-18(12-28-21)11-27-20(26)16-7-9-17(22)10-8-16/h4-10,12H,11H2,1-3H3. The topological polar surface area (TPSA) is 59.5 Å². The van der Waals surface area contributed by atoms with E-state index in [4.69, 9.17) is 4.74 Å². The third-order valence-electron chi connectivity index (χ3n) is 4.29. The molecular weight excluding hydrogens is 440 g/mol. The van der Waals surface area contributed by atoms with Gasteiger partial charge in [0.1, 0.15) is 6.61 Å². The maximum absolute atomic E-state index is 12.3. The predicted octanol–water partition coefficient (Wildman–Crippen LogP) is 5.56. The normalized spacial score (nSPS) is 10.6. The second-order valence-electron chi connectivity index (χ2n) is 6.28. The van der Waals surface area contributed by atoms with Crippen LogP contribution in [0.2, 0.25) is 0 Å². The molecule has 0 fully saturated rings. The van der Waals surface area contributed by atoms with E-state index < -0.39 is 5.97 Å². The average Bonchev–Trinajstić information content (AvgIpc) is 3.12. The highest BCUT2D eigenvalue weighted by molar-refractivity contribution is 9.10. The van der Waals surface area contributed by atoms with Gasteiger partial charge in [-0.2, -0.15) is 0 Å². The Kier molecular flexibility index (Phi) is 6.26. The minimum Gasteiger partial charge on any atom is -0.456 e. The number of ether oxygens (including phenoxy) is 1. The highest BCUT2D eigenvalue weighted by Gasteiger charge is 2.20. The fourth-order valence-electron chi connectivity index (χ4n) is 2.66. The highest BCUT2D eigenvalue weighted by atomic mass is 79.9. The van der Waals surface area contributed by atoms with Crippen molar-refractivity contribution in [2.75, 3.05) is 4.90 Å². The number of nitrogens with zero attached hydrogens (tertiary/aromatic N) is 2.